The second-order valence-electron chi connectivity index (χ2n) is 40.7. The summed E-state index contributed by atoms with van der Waals surface area (Å²) in [7, 11) is 10.6. The van der Waals surface area contributed by atoms with Crippen molar-refractivity contribution in [2.24, 2.45) is 28.2 Å². The minimum atomic E-state index is -4.62. The standard InChI is InChI=1S/C30H29F3N6O2.2C27H23F4N5O.C27H26FN5O/c1-38(2)27(41)29(13-14-29)22-16-21(23-24(34)37-39(3)25(23)36-22)17-7-9-20(10-8-17)35-26(40)28(11-12-28)18-5-4-6-19(15-18)30(31,32)33;1-36-24-22(23(32)35-36)18(13-21(34-24)15-2-3-15)14-4-7-17(8-5-14)33-25(37)26(10-11-26)19-12-16(27(29,30)31)6-9-20(19)28;1-36-24-22(23(32)35-36)18(13-21(33-24)14-5-6-14)15-7-8-20(19(28)11-15)34-25(37)26(9-10-26)16-3-2-4-17(12-16)27(29,30)31;1-15-3-10-21(28)20(13-15)27(11-12-27)26(34)30-18-8-6-16(7-9-18)19-14-22(17-4-5-17)31-25-23(19)24(29)32-33(25)2/h4-10,15-16H,11-14H2,1-3H3,(H2,34,37)(H,35,40);4-9,12-13,15H,2-3,10-11H2,1H3,(H2,32,35)(H,33,37);2-4,7-8,11-14H,5-6,9-10H2,1H3,(H2,32,35)(H,34,37);3,6-10,13-14,17H,4-5,11-12H2,1-2H3,(H2,29,32)(H,30,34). The van der Waals surface area contributed by atoms with E-state index in [9.17, 15) is 72.3 Å². The monoisotopic (exact) mass is 2040 g/mol. The molecule has 38 heteroatoms. The van der Waals surface area contributed by atoms with Crippen molar-refractivity contribution in [2.75, 3.05) is 58.3 Å². The van der Waals surface area contributed by atoms with Gasteiger partial charge in [0.15, 0.2) is 45.9 Å². The van der Waals surface area contributed by atoms with Gasteiger partial charge in [0.2, 0.25) is 29.5 Å². The maximum absolute atomic E-state index is 15.3. The highest BCUT2D eigenvalue weighted by Crippen LogP contribution is 2.57. The van der Waals surface area contributed by atoms with Crippen molar-refractivity contribution in [1.29, 1.82) is 0 Å². The largest absolute Gasteiger partial charge is 0.416 e. The number of pyridine rings is 4. The van der Waals surface area contributed by atoms with Crippen molar-refractivity contribution in [1.82, 2.24) is 64.0 Å². The van der Waals surface area contributed by atoms with Gasteiger partial charge in [-0.2, -0.15) is 59.9 Å². The van der Waals surface area contributed by atoms with Crippen LogP contribution in [0.1, 0.15) is 188 Å². The van der Waals surface area contributed by atoms with Crippen molar-refractivity contribution in [3.8, 4) is 44.5 Å². The summed E-state index contributed by atoms with van der Waals surface area (Å²) >= 11 is 0. The molecule has 0 aliphatic heterocycles. The molecule has 8 heterocycles. The smallest absolute Gasteiger partial charge is 0.382 e. The van der Waals surface area contributed by atoms with Gasteiger partial charge in [-0.15, -0.1) is 0 Å². The fourth-order valence-corrected chi connectivity index (χ4v) is 20.3. The van der Waals surface area contributed by atoms with Gasteiger partial charge in [-0.3, -0.25) is 24.0 Å². The van der Waals surface area contributed by atoms with Crippen LogP contribution in [0.15, 0.2) is 200 Å². The number of hydrogen-bond acceptors (Lipinski definition) is 17. The first-order valence-corrected chi connectivity index (χ1v) is 49.0. The molecule has 0 bridgehead atoms. The van der Waals surface area contributed by atoms with Gasteiger partial charge in [-0.25, -0.2) is 51.8 Å². The van der Waals surface area contributed by atoms with Crippen LogP contribution in [0.2, 0.25) is 0 Å². The number of rotatable bonds is 21. The lowest BCUT2D eigenvalue weighted by Gasteiger charge is -2.20. The molecule has 8 aliphatic carbocycles. The number of carbonyl (C=O) groups excluding carboxylic acids is 5. The van der Waals surface area contributed by atoms with Crippen molar-refractivity contribution in [3.63, 3.8) is 0 Å². The van der Waals surface area contributed by atoms with E-state index in [-0.39, 0.29) is 59.0 Å². The van der Waals surface area contributed by atoms with Crippen molar-refractivity contribution >= 4 is 120 Å². The number of aryl methyl sites for hydroxylation is 5. The summed E-state index contributed by atoms with van der Waals surface area (Å²) in [6.45, 7) is 1.91. The summed E-state index contributed by atoms with van der Waals surface area (Å²) in [5, 5.41) is 31.4. The molecule has 8 saturated carbocycles. The molecule has 0 atom stereocenters. The van der Waals surface area contributed by atoms with E-state index in [1.165, 1.54) is 36.4 Å². The van der Waals surface area contributed by atoms with Crippen LogP contribution < -0.4 is 44.2 Å². The number of carbonyl (C=O) groups is 5. The van der Waals surface area contributed by atoms with Gasteiger partial charge in [0.25, 0.3) is 0 Å². The highest BCUT2D eigenvalue weighted by Gasteiger charge is 2.58. The van der Waals surface area contributed by atoms with Crippen LogP contribution in [-0.2, 0) is 97.8 Å². The first-order chi connectivity index (χ1) is 70.8. The Hall–Kier alpha value is -16.1. The maximum atomic E-state index is 15.3. The number of halogens is 12. The lowest BCUT2D eigenvalue weighted by molar-refractivity contribution is -0.138. The Morgan fingerprint density at radius 3 is 1.00 bits per heavy atom. The third kappa shape index (κ3) is 18.7. The number of nitrogens with zero attached hydrogens (tertiary/aromatic N) is 13. The van der Waals surface area contributed by atoms with Crippen LogP contribution in [-0.4, -0.2) is 108 Å². The van der Waals surface area contributed by atoms with Crippen molar-refractivity contribution in [3.05, 3.63) is 285 Å². The number of likely N-dealkylation sites (N-methyl/N-ethyl adjacent to an activating group) is 1. The molecule has 8 fully saturated rings. The van der Waals surface area contributed by atoms with Gasteiger partial charge >= 0.3 is 18.5 Å². The Kier molecular flexibility index (Phi) is 24.2. The number of anilines is 8. The molecule has 8 aromatic carbocycles. The lowest BCUT2D eigenvalue weighted by atomic mass is 9.92. The van der Waals surface area contributed by atoms with Crippen molar-refractivity contribution in [2.45, 2.75) is 173 Å². The molecule has 12 N–H and O–H groups in total. The fourth-order valence-electron chi connectivity index (χ4n) is 20.3. The predicted octanol–water partition coefficient (Wildman–Crippen LogP) is 22.1. The molecule has 764 valence electrons. The second kappa shape index (κ2) is 36.5. The Morgan fingerprint density at radius 2 is 0.658 bits per heavy atom. The molecule has 8 aromatic heterocycles. The van der Waals surface area contributed by atoms with E-state index in [0.29, 0.717) is 165 Å². The zero-order valence-electron chi connectivity index (χ0n) is 81.8. The van der Waals surface area contributed by atoms with E-state index in [4.69, 9.17) is 42.9 Å². The number of nitrogens with two attached hydrogens (primary N) is 4. The number of fused-ring (bicyclic) bond motifs is 4. The summed E-state index contributed by atoms with van der Waals surface area (Å²) in [6.07, 6.45) is -2.08. The van der Waals surface area contributed by atoms with Crippen molar-refractivity contribution < 1.29 is 76.7 Å². The molecule has 26 nitrogen and oxygen atoms in total. The Labute approximate surface area is 844 Å². The molecular weight excluding hydrogens is 1940 g/mol. The number of amides is 5. The Bertz CT molecular complexity index is 8160. The fraction of sp³-hybridized carbons (Fsp3) is 0.306. The predicted molar refractivity (Wildman–Crippen MR) is 543 cm³/mol. The zero-order valence-corrected chi connectivity index (χ0v) is 81.8. The van der Waals surface area contributed by atoms with Gasteiger partial charge in [-0.1, -0.05) is 96.6 Å². The average Bonchev–Trinajstić information content (AvgIpc) is 1.51. The first-order valence-electron chi connectivity index (χ1n) is 49.0. The minimum absolute atomic E-state index is 0.00160. The Balaban J connectivity index is 0.000000116. The topological polar surface area (TPSA) is 364 Å². The normalized spacial score (nSPS) is 16.7. The second-order valence-corrected chi connectivity index (χ2v) is 40.7. The molecule has 16 aromatic rings. The van der Waals surface area contributed by atoms with Crippen LogP contribution in [0, 0.1) is 24.4 Å². The number of nitrogen functional groups attached to an aromatic ring is 4. The number of benzene rings is 8. The zero-order chi connectivity index (χ0) is 105. The lowest BCUT2D eigenvalue weighted by Crippen LogP contribution is -2.34. The van der Waals surface area contributed by atoms with Gasteiger partial charge in [-0.05, 0) is 274 Å². The highest BCUT2D eigenvalue weighted by atomic mass is 19.4. The summed E-state index contributed by atoms with van der Waals surface area (Å²) < 4.78 is 170. The summed E-state index contributed by atoms with van der Waals surface area (Å²) in [6, 6.07) is 51.3. The molecule has 149 heavy (non-hydrogen) atoms. The van der Waals surface area contributed by atoms with E-state index >= 15 is 4.39 Å². The van der Waals surface area contributed by atoms with Crippen LogP contribution in [0.5, 0.6) is 0 Å². The van der Waals surface area contributed by atoms with Gasteiger partial charge in [0.05, 0.1) is 76.7 Å². The number of aromatic nitrogens is 12. The molecule has 0 unspecified atom stereocenters. The number of alkyl halides is 9. The summed E-state index contributed by atoms with van der Waals surface area (Å²) in [5.74, 6) is -0.670. The van der Waals surface area contributed by atoms with E-state index in [0.717, 1.165) is 147 Å². The van der Waals surface area contributed by atoms with Gasteiger partial charge < -0.3 is 49.1 Å². The molecular formula is C111H101F12N21O5. The molecule has 0 spiro atoms. The minimum Gasteiger partial charge on any atom is -0.382 e. The molecule has 0 saturated heterocycles. The Morgan fingerprint density at radius 1 is 0.342 bits per heavy atom. The van der Waals surface area contributed by atoms with E-state index < -0.39 is 85.7 Å². The molecule has 5 amide bonds. The quantitative estimate of drug-likeness (QED) is 0.0310. The third-order valence-corrected chi connectivity index (χ3v) is 29.9. The van der Waals surface area contributed by atoms with Gasteiger partial charge in [0, 0.05) is 105 Å². The summed E-state index contributed by atoms with van der Waals surface area (Å²) in [5.41, 5.74) is 33.7. The van der Waals surface area contributed by atoms with Crippen LogP contribution in [0.3, 0.4) is 0 Å². The van der Waals surface area contributed by atoms with Crippen LogP contribution >= 0.6 is 0 Å². The van der Waals surface area contributed by atoms with Crippen LogP contribution in [0.4, 0.5) is 98.7 Å². The third-order valence-electron chi connectivity index (χ3n) is 29.9. The van der Waals surface area contributed by atoms with Gasteiger partial charge in [0.1, 0.15) is 17.5 Å². The molecule has 0 radical (unpaired) electrons. The molecule has 8 aliphatic rings. The first kappa shape index (κ1) is 98.9. The maximum Gasteiger partial charge on any atom is 0.416 e. The average molecular weight is 2040 g/mol. The molecule has 24 rings (SSSR count). The number of nitrogens with one attached hydrogen (secondary N) is 4. The number of hydrogen-bond donors (Lipinski definition) is 8. The SMILES string of the molecule is CN(C)C(=O)C1(c2cc(-c3ccc(NC(=O)C4(c5cccc(C(F)(F)F)c5)CC4)cc3)c3c(N)nn(C)c3n2)CC1.Cc1ccc(F)c(C2(C(=O)Nc3ccc(-c4cc(C5CC5)nc5c4c(N)nn5C)cc3)CC2)c1.Cn1nc(N)c2c(-c3ccc(NC(=O)C4(c5cc(C(F)(F)F)ccc5F)CC4)cc3)cc(C3CC3)nc21.Cn1nc(N)c2c(-c3ccc(NC(=O)C4(c5cccc(C(F)(F)F)c5)CC4)c(F)c3)cc(C3CC3)nc21. The van der Waals surface area contributed by atoms with E-state index in [2.05, 4.69) is 47.7 Å². The van der Waals surface area contributed by atoms with Crippen LogP contribution in [0.25, 0.3) is 88.6 Å². The van der Waals surface area contributed by atoms with E-state index in [1.807, 2.05) is 80.7 Å². The van der Waals surface area contributed by atoms with E-state index in [1.54, 1.807) is 107 Å². The summed E-state index contributed by atoms with van der Waals surface area (Å²) in [4.78, 5) is 86.3. The highest BCUT2D eigenvalue weighted by molar-refractivity contribution is 6.09.